The van der Waals surface area contributed by atoms with E-state index in [2.05, 4.69) is 36.2 Å². The minimum atomic E-state index is 0.514. The Morgan fingerprint density at radius 2 is 2.22 bits per heavy atom. The molecule has 0 saturated heterocycles. The summed E-state index contributed by atoms with van der Waals surface area (Å²) in [6, 6.07) is 8.79. The van der Waals surface area contributed by atoms with Crippen molar-refractivity contribution in [3.8, 4) is 0 Å². The number of hydrogen-bond acceptors (Lipinski definition) is 3. The van der Waals surface area contributed by atoms with Crippen LogP contribution in [0.3, 0.4) is 0 Å². The number of nitrogens with two attached hydrogens (primary N) is 1. The third-order valence-corrected chi connectivity index (χ3v) is 4.82. The Morgan fingerprint density at radius 3 is 3.06 bits per heavy atom. The second-order valence-electron chi connectivity index (χ2n) is 4.86. The summed E-state index contributed by atoms with van der Waals surface area (Å²) in [5, 5.41) is 0.723. The highest BCUT2D eigenvalue weighted by Crippen LogP contribution is 2.41. The van der Waals surface area contributed by atoms with Gasteiger partial charge in [0.1, 0.15) is 0 Å². The normalized spacial score (nSPS) is 18.6. The molecule has 3 rings (SSSR count). The molecule has 1 aromatic carbocycles. The number of hydrogen-bond donors (Lipinski definition) is 1. The molecule has 1 aliphatic carbocycles. The minimum absolute atomic E-state index is 0.514. The van der Waals surface area contributed by atoms with E-state index in [0.717, 1.165) is 18.0 Å². The number of aryl methyl sites for hydroxylation is 2. The van der Waals surface area contributed by atoms with Crippen molar-refractivity contribution in [2.24, 2.45) is 0 Å². The number of fused-ring (bicyclic) bond motifs is 1. The molecule has 3 heteroatoms. The first-order valence-corrected chi connectivity index (χ1v) is 7.44. The molecule has 1 heterocycles. The Kier molecular flexibility index (Phi) is 3.08. The number of nitrogen functional groups attached to an aromatic ring is 1. The molecule has 0 amide bonds. The molecule has 0 radical (unpaired) electrons. The zero-order chi connectivity index (χ0) is 12.5. The number of aromatic nitrogens is 1. The Morgan fingerprint density at radius 1 is 1.39 bits per heavy atom. The van der Waals surface area contributed by atoms with Crippen LogP contribution in [0.1, 0.15) is 47.4 Å². The van der Waals surface area contributed by atoms with Crippen LogP contribution in [0.15, 0.2) is 24.3 Å². The Bertz CT molecular complexity index is 559. The zero-order valence-corrected chi connectivity index (χ0v) is 11.5. The molecule has 0 saturated carbocycles. The molecule has 94 valence electrons. The molecule has 0 aliphatic heterocycles. The molecular formula is C15H18N2S. The van der Waals surface area contributed by atoms with Crippen molar-refractivity contribution in [3.05, 3.63) is 46.0 Å². The van der Waals surface area contributed by atoms with E-state index in [1.165, 1.54) is 34.5 Å². The molecule has 0 bridgehead atoms. The molecule has 18 heavy (non-hydrogen) atoms. The summed E-state index contributed by atoms with van der Waals surface area (Å²) >= 11 is 1.68. The Hall–Kier alpha value is -1.35. The van der Waals surface area contributed by atoms with Gasteiger partial charge in [-0.1, -0.05) is 31.2 Å². The van der Waals surface area contributed by atoms with E-state index in [9.17, 15) is 0 Å². The number of nitrogens with zero attached hydrogens (tertiary/aromatic N) is 1. The van der Waals surface area contributed by atoms with Gasteiger partial charge in [-0.3, -0.25) is 0 Å². The van der Waals surface area contributed by atoms with Crippen LogP contribution in [0.4, 0.5) is 5.13 Å². The fraction of sp³-hybridized carbons (Fsp3) is 0.400. The van der Waals surface area contributed by atoms with Crippen molar-refractivity contribution in [1.29, 1.82) is 0 Å². The van der Waals surface area contributed by atoms with E-state index >= 15 is 0 Å². The lowest BCUT2D eigenvalue weighted by molar-refractivity contribution is 0.613. The predicted octanol–water partition coefficient (Wildman–Crippen LogP) is 3.76. The second kappa shape index (κ2) is 4.73. The van der Waals surface area contributed by atoms with Crippen LogP contribution in [-0.4, -0.2) is 4.98 Å². The lowest BCUT2D eigenvalue weighted by Gasteiger charge is -2.23. The van der Waals surface area contributed by atoms with Crippen LogP contribution in [0.2, 0.25) is 0 Å². The monoisotopic (exact) mass is 258 g/mol. The molecule has 1 aliphatic rings. The average Bonchev–Trinajstić information content (AvgIpc) is 2.78. The molecule has 0 fully saturated rings. The van der Waals surface area contributed by atoms with Gasteiger partial charge in [0.2, 0.25) is 0 Å². The Balaban J connectivity index is 2.08. The third-order valence-electron chi connectivity index (χ3n) is 3.78. The second-order valence-corrected chi connectivity index (χ2v) is 5.92. The highest BCUT2D eigenvalue weighted by atomic mass is 32.1. The average molecular weight is 258 g/mol. The first-order chi connectivity index (χ1) is 8.79. The predicted molar refractivity (Wildman–Crippen MR) is 77.1 cm³/mol. The van der Waals surface area contributed by atoms with Crippen molar-refractivity contribution in [1.82, 2.24) is 4.98 Å². The van der Waals surface area contributed by atoms with Crippen LogP contribution in [-0.2, 0) is 12.8 Å². The lowest BCUT2D eigenvalue weighted by atomic mass is 9.83. The number of anilines is 1. The van der Waals surface area contributed by atoms with Gasteiger partial charge >= 0.3 is 0 Å². The van der Waals surface area contributed by atoms with E-state index in [1.54, 1.807) is 11.3 Å². The van der Waals surface area contributed by atoms with Gasteiger partial charge in [-0.2, -0.15) is 0 Å². The smallest absolute Gasteiger partial charge is 0.180 e. The van der Waals surface area contributed by atoms with E-state index in [0.29, 0.717) is 5.92 Å². The van der Waals surface area contributed by atoms with Crippen molar-refractivity contribution >= 4 is 16.5 Å². The molecule has 1 unspecified atom stereocenters. The highest BCUT2D eigenvalue weighted by molar-refractivity contribution is 7.15. The fourth-order valence-corrected chi connectivity index (χ4v) is 3.97. The summed E-state index contributed by atoms with van der Waals surface area (Å²) in [7, 11) is 0. The van der Waals surface area contributed by atoms with Crippen LogP contribution in [0.5, 0.6) is 0 Å². The van der Waals surface area contributed by atoms with Gasteiger partial charge in [-0.05, 0) is 36.8 Å². The van der Waals surface area contributed by atoms with Gasteiger partial charge < -0.3 is 5.73 Å². The van der Waals surface area contributed by atoms with Crippen LogP contribution < -0.4 is 5.73 Å². The fourth-order valence-electron chi connectivity index (χ4n) is 2.93. The van der Waals surface area contributed by atoms with Gasteiger partial charge in [-0.15, -0.1) is 11.3 Å². The molecular weight excluding hydrogens is 240 g/mol. The number of benzene rings is 1. The van der Waals surface area contributed by atoms with Crippen molar-refractivity contribution in [3.63, 3.8) is 0 Å². The molecule has 0 spiro atoms. The summed E-state index contributed by atoms with van der Waals surface area (Å²) < 4.78 is 0. The molecule has 2 aromatic rings. The lowest BCUT2D eigenvalue weighted by Crippen LogP contribution is -2.10. The maximum atomic E-state index is 5.88. The highest BCUT2D eigenvalue weighted by Gasteiger charge is 2.26. The maximum Gasteiger partial charge on any atom is 0.180 e. The largest absolute Gasteiger partial charge is 0.375 e. The van der Waals surface area contributed by atoms with Crippen molar-refractivity contribution < 1.29 is 0 Å². The van der Waals surface area contributed by atoms with Crippen molar-refractivity contribution in [2.45, 2.75) is 38.5 Å². The molecule has 2 N–H and O–H groups in total. The summed E-state index contributed by atoms with van der Waals surface area (Å²) in [5.41, 5.74) is 10.0. The van der Waals surface area contributed by atoms with Gasteiger partial charge in [0.15, 0.2) is 5.13 Å². The number of rotatable bonds is 2. The van der Waals surface area contributed by atoms with Gasteiger partial charge in [-0.25, -0.2) is 4.98 Å². The van der Waals surface area contributed by atoms with Gasteiger partial charge in [0.25, 0.3) is 0 Å². The minimum Gasteiger partial charge on any atom is -0.375 e. The van der Waals surface area contributed by atoms with E-state index in [1.807, 2.05) is 0 Å². The Labute approximate surface area is 112 Å². The molecule has 1 aromatic heterocycles. The van der Waals surface area contributed by atoms with E-state index < -0.39 is 0 Å². The van der Waals surface area contributed by atoms with Crippen LogP contribution in [0, 0.1) is 0 Å². The standard InChI is InChI=1S/C15H18N2S/c1-2-10-6-3-4-7-11(10)12-8-5-9-13-14(12)18-15(16)17-13/h3-4,6-7,12H,2,5,8-9H2,1H3,(H2,16,17). The van der Waals surface area contributed by atoms with Gasteiger partial charge in [0.05, 0.1) is 5.69 Å². The van der Waals surface area contributed by atoms with E-state index in [-0.39, 0.29) is 0 Å². The SMILES string of the molecule is CCc1ccccc1C1CCCc2nc(N)sc21. The van der Waals surface area contributed by atoms with Crippen LogP contribution >= 0.6 is 11.3 Å². The maximum absolute atomic E-state index is 5.88. The van der Waals surface area contributed by atoms with E-state index in [4.69, 9.17) is 5.73 Å². The third kappa shape index (κ3) is 1.93. The summed E-state index contributed by atoms with van der Waals surface area (Å²) in [6.45, 7) is 2.23. The first kappa shape index (κ1) is 11.7. The summed E-state index contributed by atoms with van der Waals surface area (Å²) in [6.07, 6.45) is 4.63. The quantitative estimate of drug-likeness (QED) is 0.891. The van der Waals surface area contributed by atoms with Gasteiger partial charge in [0, 0.05) is 10.8 Å². The first-order valence-electron chi connectivity index (χ1n) is 6.62. The van der Waals surface area contributed by atoms with Crippen molar-refractivity contribution in [2.75, 3.05) is 5.73 Å². The molecule has 1 atom stereocenters. The molecule has 2 nitrogen and oxygen atoms in total. The summed E-state index contributed by atoms with van der Waals surface area (Å²) in [5.74, 6) is 0.514. The van der Waals surface area contributed by atoms with Crippen LogP contribution in [0.25, 0.3) is 0 Å². The zero-order valence-electron chi connectivity index (χ0n) is 10.6. The number of thiazole rings is 1. The topological polar surface area (TPSA) is 38.9 Å². The summed E-state index contributed by atoms with van der Waals surface area (Å²) in [4.78, 5) is 5.88.